The van der Waals surface area contributed by atoms with Crippen molar-refractivity contribution >= 4 is 34.0 Å². The van der Waals surface area contributed by atoms with E-state index in [4.69, 9.17) is 10.5 Å². The SMILES string of the molecule is CC(C)(C)OC(N)=O.O=C(Cl)Cl. The number of amides is 1. The van der Waals surface area contributed by atoms with E-state index in [0.29, 0.717) is 0 Å². The molecule has 0 saturated carbocycles. The minimum Gasteiger partial charge on any atom is -0.444 e. The van der Waals surface area contributed by atoms with Gasteiger partial charge in [0.1, 0.15) is 5.60 Å². The van der Waals surface area contributed by atoms with Crippen LogP contribution in [0.5, 0.6) is 0 Å². The van der Waals surface area contributed by atoms with Gasteiger partial charge in [-0.3, -0.25) is 4.79 Å². The Labute approximate surface area is 81.0 Å². The maximum absolute atomic E-state index is 10.0. The molecule has 0 aliphatic carbocycles. The molecule has 12 heavy (non-hydrogen) atoms. The van der Waals surface area contributed by atoms with E-state index in [1.165, 1.54) is 0 Å². The lowest BCUT2D eigenvalue weighted by Crippen LogP contribution is -2.27. The fraction of sp³-hybridized carbons (Fsp3) is 0.667. The number of carbonyl (C=O) groups is 2. The van der Waals surface area contributed by atoms with E-state index in [1.807, 2.05) is 0 Å². The van der Waals surface area contributed by atoms with Crippen molar-refractivity contribution in [2.45, 2.75) is 26.4 Å². The number of carbonyl (C=O) groups excluding carboxylic acids is 2. The van der Waals surface area contributed by atoms with Crippen molar-refractivity contribution < 1.29 is 14.3 Å². The maximum atomic E-state index is 10.0. The molecule has 0 aromatic rings. The number of nitrogens with two attached hydrogens (primary N) is 1. The van der Waals surface area contributed by atoms with Crippen LogP contribution in [0.2, 0.25) is 0 Å². The summed E-state index contributed by atoms with van der Waals surface area (Å²) in [4.78, 5) is 19.0. The molecule has 0 rings (SSSR count). The molecule has 0 spiro atoms. The summed E-state index contributed by atoms with van der Waals surface area (Å²) < 4.78 is 3.69. The Morgan fingerprint density at radius 2 is 1.50 bits per heavy atom. The van der Waals surface area contributed by atoms with Gasteiger partial charge >= 0.3 is 10.8 Å². The molecule has 0 fully saturated rings. The van der Waals surface area contributed by atoms with Crippen molar-refractivity contribution in [3.8, 4) is 0 Å². The second-order valence-electron chi connectivity index (χ2n) is 2.76. The van der Waals surface area contributed by atoms with Crippen LogP contribution in [0.1, 0.15) is 20.8 Å². The van der Waals surface area contributed by atoms with Gasteiger partial charge in [0.2, 0.25) is 0 Å². The first-order valence-corrected chi connectivity index (χ1v) is 3.74. The topological polar surface area (TPSA) is 69.4 Å². The molecule has 0 aromatic heterocycles. The van der Waals surface area contributed by atoms with Crippen molar-refractivity contribution in [2.24, 2.45) is 5.73 Å². The van der Waals surface area contributed by atoms with Crippen LogP contribution in [0.4, 0.5) is 9.59 Å². The van der Waals surface area contributed by atoms with E-state index in [-0.39, 0.29) is 0 Å². The molecule has 0 aromatic carbocycles. The Morgan fingerprint density at radius 3 is 1.50 bits per heavy atom. The minimum atomic E-state index is -0.889. The fourth-order valence-corrected chi connectivity index (χ4v) is 0.302. The van der Waals surface area contributed by atoms with Gasteiger partial charge in [-0.1, -0.05) is 0 Å². The van der Waals surface area contributed by atoms with E-state index in [9.17, 15) is 4.79 Å². The summed E-state index contributed by atoms with van der Waals surface area (Å²) in [5, 5.41) is 0. The first-order chi connectivity index (χ1) is 5.15. The number of primary amides is 1. The molecule has 0 atom stereocenters. The molecule has 6 heteroatoms. The van der Waals surface area contributed by atoms with Gasteiger partial charge in [-0.05, 0) is 44.0 Å². The van der Waals surface area contributed by atoms with Gasteiger partial charge in [0.25, 0.3) is 0 Å². The van der Waals surface area contributed by atoms with E-state index in [1.54, 1.807) is 20.8 Å². The predicted octanol–water partition coefficient (Wildman–Crippen LogP) is 2.46. The summed E-state index contributed by atoms with van der Waals surface area (Å²) in [7, 11) is 0. The molecule has 0 saturated heterocycles. The van der Waals surface area contributed by atoms with Crippen LogP contribution in [-0.4, -0.2) is 16.4 Å². The van der Waals surface area contributed by atoms with Crippen LogP contribution >= 0.6 is 23.2 Å². The lowest BCUT2D eigenvalue weighted by atomic mass is 10.2. The molecule has 1 amide bonds. The van der Waals surface area contributed by atoms with Gasteiger partial charge in [0, 0.05) is 0 Å². The van der Waals surface area contributed by atoms with E-state index in [0.717, 1.165) is 0 Å². The summed E-state index contributed by atoms with van der Waals surface area (Å²) >= 11 is 8.80. The Hall–Kier alpha value is -0.480. The quantitative estimate of drug-likeness (QED) is 0.632. The molecule has 72 valence electrons. The van der Waals surface area contributed by atoms with Crippen LogP contribution in [0.25, 0.3) is 0 Å². The highest BCUT2D eigenvalue weighted by atomic mass is 35.5. The van der Waals surface area contributed by atoms with Crippen molar-refractivity contribution in [2.75, 3.05) is 0 Å². The highest BCUT2D eigenvalue weighted by molar-refractivity contribution is 6.93. The smallest absolute Gasteiger partial charge is 0.405 e. The number of hydrogen-bond donors (Lipinski definition) is 1. The van der Waals surface area contributed by atoms with Gasteiger partial charge < -0.3 is 10.5 Å². The summed E-state index contributed by atoms with van der Waals surface area (Å²) in [6.45, 7) is 5.28. The third-order valence-corrected chi connectivity index (χ3v) is 0.407. The standard InChI is InChI=1S/C5H11NO2.CCl2O/c1-5(2,3)8-4(6)7;2-1(3)4/h1-3H3,(H2,6,7);. The van der Waals surface area contributed by atoms with Gasteiger partial charge in [-0.2, -0.15) is 0 Å². The fourth-order valence-electron chi connectivity index (χ4n) is 0.302. The van der Waals surface area contributed by atoms with Crippen LogP contribution < -0.4 is 5.73 Å². The van der Waals surface area contributed by atoms with E-state index in [2.05, 4.69) is 27.9 Å². The summed E-state index contributed by atoms with van der Waals surface area (Å²) in [6, 6.07) is 0. The van der Waals surface area contributed by atoms with Crippen LogP contribution in [0.15, 0.2) is 0 Å². The normalized spacial score (nSPS) is 9.42. The number of rotatable bonds is 0. The van der Waals surface area contributed by atoms with Crippen molar-refractivity contribution in [3.63, 3.8) is 0 Å². The van der Waals surface area contributed by atoms with Gasteiger partial charge in [0.05, 0.1) is 0 Å². The Balaban J connectivity index is 0. The molecule has 0 bridgehead atoms. The van der Waals surface area contributed by atoms with E-state index < -0.39 is 16.4 Å². The summed E-state index contributed by atoms with van der Waals surface area (Å²) in [6.07, 6.45) is -0.725. The van der Waals surface area contributed by atoms with Crippen LogP contribution in [0.3, 0.4) is 0 Å². The first-order valence-electron chi connectivity index (χ1n) is 2.98. The number of ether oxygens (including phenoxy) is 1. The Morgan fingerprint density at radius 1 is 1.25 bits per heavy atom. The summed E-state index contributed by atoms with van der Waals surface area (Å²) in [5.74, 6) is 0. The zero-order valence-corrected chi connectivity index (χ0v) is 8.57. The zero-order chi connectivity index (χ0) is 10.4. The van der Waals surface area contributed by atoms with Gasteiger partial charge in [-0.25, -0.2) is 4.79 Å². The zero-order valence-electron chi connectivity index (χ0n) is 7.06. The minimum absolute atomic E-state index is 0.453. The Bertz CT molecular complexity index is 161. The number of hydrogen-bond acceptors (Lipinski definition) is 3. The second-order valence-corrected chi connectivity index (χ2v) is 3.64. The average Bonchev–Trinajstić information content (AvgIpc) is 1.52. The van der Waals surface area contributed by atoms with E-state index >= 15 is 0 Å². The molecular formula is C6H11Cl2NO3. The highest BCUT2D eigenvalue weighted by Crippen LogP contribution is 2.04. The van der Waals surface area contributed by atoms with Crippen LogP contribution in [0, 0.1) is 0 Å². The predicted molar refractivity (Wildman–Crippen MR) is 47.5 cm³/mol. The Kier molecular flexibility index (Phi) is 7.13. The second kappa shape index (κ2) is 6.08. The van der Waals surface area contributed by atoms with Gasteiger partial charge in [0.15, 0.2) is 0 Å². The molecular weight excluding hydrogens is 205 g/mol. The third-order valence-electron chi connectivity index (χ3n) is 0.407. The van der Waals surface area contributed by atoms with Crippen molar-refractivity contribution in [1.29, 1.82) is 0 Å². The lowest BCUT2D eigenvalue weighted by Gasteiger charge is -2.16. The summed E-state index contributed by atoms with van der Waals surface area (Å²) in [5.41, 5.74) is 4.26. The monoisotopic (exact) mass is 215 g/mol. The molecule has 0 unspecified atom stereocenters. The third kappa shape index (κ3) is 33.8. The largest absolute Gasteiger partial charge is 0.444 e. The molecule has 4 nitrogen and oxygen atoms in total. The van der Waals surface area contributed by atoms with Crippen LogP contribution in [-0.2, 0) is 4.74 Å². The van der Waals surface area contributed by atoms with Crippen molar-refractivity contribution in [3.05, 3.63) is 0 Å². The number of halogens is 2. The van der Waals surface area contributed by atoms with Crippen molar-refractivity contribution in [1.82, 2.24) is 0 Å². The molecule has 2 N–H and O–H groups in total. The first kappa shape index (κ1) is 14.1. The highest BCUT2D eigenvalue weighted by Gasteiger charge is 2.12. The molecule has 0 aliphatic rings. The lowest BCUT2D eigenvalue weighted by molar-refractivity contribution is 0.0600. The molecule has 0 heterocycles. The average molecular weight is 216 g/mol. The maximum Gasteiger partial charge on any atom is 0.405 e. The molecule has 0 aliphatic heterocycles. The molecule has 0 radical (unpaired) electrons. The van der Waals surface area contributed by atoms with Gasteiger partial charge in [-0.15, -0.1) is 0 Å².